The maximum absolute atomic E-state index is 10.5. The number of nitro groups is 1. The van der Waals surface area contributed by atoms with E-state index in [9.17, 15) is 15.2 Å². The van der Waals surface area contributed by atoms with E-state index in [0.29, 0.717) is 10.2 Å². The van der Waals surface area contributed by atoms with Crippen molar-refractivity contribution in [1.82, 2.24) is 0 Å². The average molecular weight is 290 g/mol. The van der Waals surface area contributed by atoms with Gasteiger partial charge in [0.1, 0.15) is 12.4 Å². The highest BCUT2D eigenvalue weighted by Gasteiger charge is 2.15. The Kier molecular flexibility index (Phi) is 3.88. The third kappa shape index (κ3) is 3.79. The van der Waals surface area contributed by atoms with E-state index in [1.165, 1.54) is 18.2 Å². The van der Waals surface area contributed by atoms with Crippen molar-refractivity contribution in [2.75, 3.05) is 6.61 Å². The maximum atomic E-state index is 10.5. The van der Waals surface area contributed by atoms with Gasteiger partial charge in [0.05, 0.1) is 15.0 Å². The Morgan fingerprint density at radius 2 is 2.19 bits per heavy atom. The molecule has 0 saturated heterocycles. The molecular formula is C10H12BrNO4. The molecule has 0 spiro atoms. The highest BCUT2D eigenvalue weighted by atomic mass is 79.9. The van der Waals surface area contributed by atoms with Crippen molar-refractivity contribution in [3.05, 3.63) is 32.8 Å². The fraction of sp³-hybridized carbons (Fsp3) is 0.400. The van der Waals surface area contributed by atoms with Crippen molar-refractivity contribution < 1.29 is 14.8 Å². The van der Waals surface area contributed by atoms with Crippen molar-refractivity contribution in [3.8, 4) is 5.75 Å². The molecule has 0 bridgehead atoms. The second-order valence-corrected chi connectivity index (χ2v) is 4.83. The Morgan fingerprint density at radius 3 is 2.62 bits per heavy atom. The number of nitrogens with zero attached hydrogens (tertiary/aromatic N) is 1. The van der Waals surface area contributed by atoms with Crippen molar-refractivity contribution in [3.63, 3.8) is 0 Å². The number of hydrogen-bond donors (Lipinski definition) is 1. The molecule has 88 valence electrons. The van der Waals surface area contributed by atoms with Crippen LogP contribution in [0.25, 0.3) is 0 Å². The minimum Gasteiger partial charge on any atom is -0.489 e. The zero-order chi connectivity index (χ0) is 12.3. The lowest BCUT2D eigenvalue weighted by Gasteiger charge is -2.18. The van der Waals surface area contributed by atoms with Gasteiger partial charge < -0.3 is 9.84 Å². The summed E-state index contributed by atoms with van der Waals surface area (Å²) in [6.07, 6.45) is 0. The Bertz CT molecular complexity index is 400. The van der Waals surface area contributed by atoms with Crippen LogP contribution in [0.5, 0.6) is 5.75 Å². The van der Waals surface area contributed by atoms with Gasteiger partial charge in [-0.3, -0.25) is 10.1 Å². The Morgan fingerprint density at radius 1 is 1.56 bits per heavy atom. The molecule has 6 heteroatoms. The lowest BCUT2D eigenvalue weighted by molar-refractivity contribution is -0.385. The summed E-state index contributed by atoms with van der Waals surface area (Å²) in [6, 6.07) is 4.21. The molecule has 5 nitrogen and oxygen atoms in total. The molecule has 1 rings (SSSR count). The monoisotopic (exact) mass is 289 g/mol. The summed E-state index contributed by atoms with van der Waals surface area (Å²) in [4.78, 5) is 10.0. The molecule has 0 aromatic heterocycles. The van der Waals surface area contributed by atoms with E-state index < -0.39 is 10.5 Å². The van der Waals surface area contributed by atoms with E-state index in [1.54, 1.807) is 13.8 Å². The first-order valence-corrected chi connectivity index (χ1v) is 5.38. The summed E-state index contributed by atoms with van der Waals surface area (Å²) in [5.41, 5.74) is -0.955. The number of halogens is 1. The zero-order valence-corrected chi connectivity index (χ0v) is 10.5. The van der Waals surface area contributed by atoms with Gasteiger partial charge in [-0.1, -0.05) is 0 Å². The van der Waals surface area contributed by atoms with E-state index in [2.05, 4.69) is 15.9 Å². The van der Waals surface area contributed by atoms with Crippen LogP contribution in [0.3, 0.4) is 0 Å². The average Bonchev–Trinajstić information content (AvgIpc) is 2.14. The summed E-state index contributed by atoms with van der Waals surface area (Å²) >= 11 is 3.17. The lowest BCUT2D eigenvalue weighted by atomic mass is 10.2. The molecule has 1 aromatic rings. The zero-order valence-electron chi connectivity index (χ0n) is 8.94. The van der Waals surface area contributed by atoms with E-state index in [4.69, 9.17) is 4.74 Å². The molecule has 0 unspecified atom stereocenters. The van der Waals surface area contributed by atoms with Gasteiger partial charge in [0.25, 0.3) is 5.69 Å². The molecule has 1 aromatic carbocycles. The molecular weight excluding hydrogens is 278 g/mol. The van der Waals surface area contributed by atoms with Crippen LogP contribution in [0.2, 0.25) is 0 Å². The minimum atomic E-state index is -0.943. The number of non-ortho nitro benzene ring substituents is 1. The largest absolute Gasteiger partial charge is 0.489 e. The van der Waals surface area contributed by atoms with Gasteiger partial charge in [-0.15, -0.1) is 0 Å². The van der Waals surface area contributed by atoms with Crippen LogP contribution in [-0.4, -0.2) is 22.2 Å². The SMILES string of the molecule is CC(C)(O)COc1ccc([N+](=O)[O-])cc1Br. The molecule has 0 aliphatic rings. The van der Waals surface area contributed by atoms with Crippen molar-refractivity contribution in [1.29, 1.82) is 0 Å². The number of aliphatic hydroxyl groups is 1. The third-order valence-electron chi connectivity index (χ3n) is 1.71. The number of rotatable bonds is 4. The van der Waals surface area contributed by atoms with Crippen molar-refractivity contribution >= 4 is 21.6 Å². The lowest BCUT2D eigenvalue weighted by Crippen LogP contribution is -2.27. The fourth-order valence-corrected chi connectivity index (χ4v) is 1.46. The minimum absolute atomic E-state index is 0.0116. The van der Waals surface area contributed by atoms with Gasteiger partial charge in [-0.2, -0.15) is 0 Å². The first-order valence-electron chi connectivity index (χ1n) is 4.59. The second kappa shape index (κ2) is 4.80. The van der Waals surface area contributed by atoms with Gasteiger partial charge >= 0.3 is 0 Å². The highest BCUT2D eigenvalue weighted by molar-refractivity contribution is 9.10. The van der Waals surface area contributed by atoms with Crippen LogP contribution in [-0.2, 0) is 0 Å². The summed E-state index contributed by atoms with van der Waals surface area (Å²) in [5, 5.41) is 19.9. The molecule has 0 amide bonds. The predicted molar refractivity (Wildman–Crippen MR) is 62.6 cm³/mol. The first-order chi connectivity index (χ1) is 7.29. The van der Waals surface area contributed by atoms with E-state index in [-0.39, 0.29) is 12.3 Å². The molecule has 0 heterocycles. The number of nitro benzene ring substituents is 1. The smallest absolute Gasteiger partial charge is 0.270 e. The van der Waals surface area contributed by atoms with Crippen LogP contribution in [0.4, 0.5) is 5.69 Å². The first kappa shape index (κ1) is 12.9. The Labute approximate surface area is 101 Å². The quantitative estimate of drug-likeness (QED) is 0.683. The topological polar surface area (TPSA) is 72.6 Å². The summed E-state index contributed by atoms with van der Waals surface area (Å²) in [5.74, 6) is 0.465. The van der Waals surface area contributed by atoms with Gasteiger partial charge in [0, 0.05) is 12.1 Å². The van der Waals surface area contributed by atoms with Crippen LogP contribution < -0.4 is 4.74 Å². The van der Waals surface area contributed by atoms with Crippen LogP contribution in [0.15, 0.2) is 22.7 Å². The van der Waals surface area contributed by atoms with E-state index in [0.717, 1.165) is 0 Å². The van der Waals surface area contributed by atoms with E-state index >= 15 is 0 Å². The van der Waals surface area contributed by atoms with Gasteiger partial charge in [-0.05, 0) is 35.8 Å². The number of benzene rings is 1. The van der Waals surface area contributed by atoms with Crippen LogP contribution in [0, 0.1) is 10.1 Å². The molecule has 0 atom stereocenters. The van der Waals surface area contributed by atoms with Gasteiger partial charge in [0.2, 0.25) is 0 Å². The standard InChI is InChI=1S/C10H12BrNO4/c1-10(2,13)6-16-9-4-3-7(12(14)15)5-8(9)11/h3-5,13H,6H2,1-2H3. The Hall–Kier alpha value is -1.14. The summed E-state index contributed by atoms with van der Waals surface area (Å²) in [7, 11) is 0. The molecule has 0 radical (unpaired) electrons. The third-order valence-corrected chi connectivity index (χ3v) is 2.33. The van der Waals surface area contributed by atoms with Gasteiger partial charge in [-0.25, -0.2) is 0 Å². The molecule has 0 fully saturated rings. The van der Waals surface area contributed by atoms with Crippen LogP contribution in [0.1, 0.15) is 13.8 Å². The summed E-state index contributed by atoms with van der Waals surface area (Å²) in [6.45, 7) is 3.35. The fourth-order valence-electron chi connectivity index (χ4n) is 0.975. The normalized spacial score (nSPS) is 11.2. The van der Waals surface area contributed by atoms with E-state index in [1.807, 2.05) is 0 Å². The predicted octanol–water partition coefficient (Wildman–Crippen LogP) is 2.51. The molecule has 1 N–H and O–H groups in total. The second-order valence-electron chi connectivity index (χ2n) is 3.97. The van der Waals surface area contributed by atoms with Crippen molar-refractivity contribution in [2.24, 2.45) is 0 Å². The molecule has 16 heavy (non-hydrogen) atoms. The van der Waals surface area contributed by atoms with Crippen LogP contribution >= 0.6 is 15.9 Å². The Balaban J connectivity index is 2.80. The highest BCUT2D eigenvalue weighted by Crippen LogP contribution is 2.29. The summed E-state index contributed by atoms with van der Waals surface area (Å²) < 4.78 is 5.81. The molecule has 0 aliphatic heterocycles. The number of hydrogen-bond acceptors (Lipinski definition) is 4. The van der Waals surface area contributed by atoms with Crippen molar-refractivity contribution in [2.45, 2.75) is 19.4 Å². The molecule has 0 aliphatic carbocycles. The maximum Gasteiger partial charge on any atom is 0.270 e. The molecule has 0 saturated carbocycles. The van der Waals surface area contributed by atoms with Gasteiger partial charge in [0.15, 0.2) is 0 Å². The number of ether oxygens (including phenoxy) is 1.